The lowest BCUT2D eigenvalue weighted by Crippen LogP contribution is -2.45. The van der Waals surface area contributed by atoms with E-state index < -0.39 is 0 Å². The van der Waals surface area contributed by atoms with Gasteiger partial charge < -0.3 is 19.9 Å². The van der Waals surface area contributed by atoms with Gasteiger partial charge in [0.25, 0.3) is 0 Å². The van der Waals surface area contributed by atoms with E-state index in [9.17, 15) is 0 Å². The number of nitrogens with zero attached hydrogens (tertiary/aromatic N) is 3. The minimum atomic E-state index is -0.241. The fourth-order valence-electron chi connectivity index (χ4n) is 2.11. The summed E-state index contributed by atoms with van der Waals surface area (Å²) in [6.45, 7) is 5.33. The summed E-state index contributed by atoms with van der Waals surface area (Å²) in [6.07, 6.45) is 0. The van der Waals surface area contributed by atoms with Crippen molar-refractivity contribution < 1.29 is 4.74 Å². The molecule has 1 aromatic carbocycles. The van der Waals surface area contributed by atoms with Crippen LogP contribution in [-0.2, 0) is 18.3 Å². The van der Waals surface area contributed by atoms with Gasteiger partial charge in [-0.3, -0.25) is 4.99 Å². The number of methoxy groups -OCH3 is 1. The van der Waals surface area contributed by atoms with Gasteiger partial charge in [-0.1, -0.05) is 12.1 Å². The first kappa shape index (κ1) is 16.3. The van der Waals surface area contributed by atoms with Gasteiger partial charge >= 0.3 is 0 Å². The topological polar surface area (TPSA) is 63.5 Å². The number of benzene rings is 1. The summed E-state index contributed by atoms with van der Waals surface area (Å²) in [5, 5.41) is 6.55. The predicted octanol–water partition coefficient (Wildman–Crippen LogP) is 1.66. The number of hydrogen-bond acceptors (Lipinski definition) is 3. The van der Waals surface area contributed by atoms with Gasteiger partial charge in [-0.2, -0.15) is 0 Å². The molecular formula is C16H25N5O. The number of imidazole rings is 1. The van der Waals surface area contributed by atoms with Crippen molar-refractivity contribution in [3.8, 4) is 0 Å². The molecule has 0 fully saturated rings. The van der Waals surface area contributed by atoms with E-state index in [4.69, 9.17) is 4.74 Å². The zero-order valence-corrected chi connectivity index (χ0v) is 14.0. The van der Waals surface area contributed by atoms with Crippen molar-refractivity contribution in [2.45, 2.75) is 26.0 Å². The highest BCUT2D eigenvalue weighted by Gasteiger charge is 2.16. The van der Waals surface area contributed by atoms with Crippen LogP contribution in [0.4, 0.5) is 0 Å². The largest absolute Gasteiger partial charge is 0.377 e. The number of para-hydroxylation sites is 2. The van der Waals surface area contributed by atoms with Crippen molar-refractivity contribution in [3.05, 3.63) is 30.1 Å². The lowest BCUT2D eigenvalue weighted by atomic mass is 10.1. The molecule has 0 aliphatic rings. The quantitative estimate of drug-likeness (QED) is 0.651. The molecule has 0 saturated carbocycles. The van der Waals surface area contributed by atoms with Gasteiger partial charge in [0.15, 0.2) is 5.96 Å². The first-order chi connectivity index (χ1) is 10.5. The van der Waals surface area contributed by atoms with Crippen LogP contribution < -0.4 is 10.6 Å². The second-order valence-electron chi connectivity index (χ2n) is 5.82. The summed E-state index contributed by atoms with van der Waals surface area (Å²) >= 11 is 0. The highest BCUT2D eigenvalue weighted by molar-refractivity contribution is 5.80. The minimum Gasteiger partial charge on any atom is -0.377 e. The standard InChI is InChI=1S/C16H25N5O/c1-16(2,22-5)11-19-15(17-3)18-10-14-20-12-8-6-7-9-13(12)21(14)4/h6-9H,10-11H2,1-5H3,(H2,17,18,19). The summed E-state index contributed by atoms with van der Waals surface area (Å²) in [5.74, 6) is 1.70. The Morgan fingerprint density at radius 3 is 2.68 bits per heavy atom. The Labute approximate surface area is 131 Å². The van der Waals surface area contributed by atoms with Gasteiger partial charge in [0.2, 0.25) is 0 Å². The van der Waals surface area contributed by atoms with Crippen molar-refractivity contribution in [2.75, 3.05) is 20.7 Å². The van der Waals surface area contributed by atoms with Gasteiger partial charge in [-0.05, 0) is 26.0 Å². The molecule has 0 aliphatic heterocycles. The number of ether oxygens (including phenoxy) is 1. The average molecular weight is 303 g/mol. The maximum absolute atomic E-state index is 5.39. The van der Waals surface area contributed by atoms with Crippen molar-refractivity contribution in [1.82, 2.24) is 20.2 Å². The van der Waals surface area contributed by atoms with Crippen molar-refractivity contribution >= 4 is 17.0 Å². The first-order valence-electron chi connectivity index (χ1n) is 7.37. The van der Waals surface area contributed by atoms with Crippen LogP contribution in [0, 0.1) is 0 Å². The summed E-state index contributed by atoms with van der Waals surface area (Å²) in [7, 11) is 5.48. The van der Waals surface area contributed by atoms with Crippen LogP contribution in [0.3, 0.4) is 0 Å². The highest BCUT2D eigenvalue weighted by Crippen LogP contribution is 2.13. The second kappa shape index (κ2) is 6.79. The molecule has 0 spiro atoms. The smallest absolute Gasteiger partial charge is 0.191 e. The van der Waals surface area contributed by atoms with Crippen LogP contribution in [0.25, 0.3) is 11.0 Å². The van der Waals surface area contributed by atoms with E-state index >= 15 is 0 Å². The number of guanidine groups is 1. The second-order valence-corrected chi connectivity index (χ2v) is 5.82. The highest BCUT2D eigenvalue weighted by atomic mass is 16.5. The molecule has 0 aliphatic carbocycles. The van der Waals surface area contributed by atoms with Crippen LogP contribution in [0.1, 0.15) is 19.7 Å². The number of nitrogens with one attached hydrogen (secondary N) is 2. The number of aromatic nitrogens is 2. The van der Waals surface area contributed by atoms with E-state index in [0.717, 1.165) is 22.8 Å². The van der Waals surface area contributed by atoms with Gasteiger partial charge in [-0.15, -0.1) is 0 Å². The predicted molar refractivity (Wildman–Crippen MR) is 90.0 cm³/mol. The van der Waals surface area contributed by atoms with E-state index in [2.05, 4.69) is 31.2 Å². The van der Waals surface area contributed by atoms with Gasteiger partial charge in [0, 0.05) is 27.7 Å². The molecule has 6 nitrogen and oxygen atoms in total. The number of aryl methyl sites for hydroxylation is 1. The van der Waals surface area contributed by atoms with E-state index in [1.54, 1.807) is 14.2 Å². The molecular weight excluding hydrogens is 278 g/mol. The molecule has 0 radical (unpaired) electrons. The lowest BCUT2D eigenvalue weighted by Gasteiger charge is -2.24. The Bertz CT molecular complexity index is 660. The van der Waals surface area contributed by atoms with Crippen LogP contribution in [0.5, 0.6) is 0 Å². The lowest BCUT2D eigenvalue weighted by molar-refractivity contribution is 0.0268. The van der Waals surface area contributed by atoms with E-state index in [-0.39, 0.29) is 5.60 Å². The van der Waals surface area contributed by atoms with Gasteiger partial charge in [-0.25, -0.2) is 4.98 Å². The minimum absolute atomic E-state index is 0.241. The molecule has 0 atom stereocenters. The summed E-state index contributed by atoms with van der Waals surface area (Å²) in [6, 6.07) is 8.11. The van der Waals surface area contributed by atoms with E-state index in [1.807, 2.05) is 39.1 Å². The van der Waals surface area contributed by atoms with Crippen LogP contribution >= 0.6 is 0 Å². The molecule has 0 bridgehead atoms. The number of fused-ring (bicyclic) bond motifs is 1. The van der Waals surface area contributed by atoms with Crippen LogP contribution in [0.2, 0.25) is 0 Å². The third-order valence-electron chi connectivity index (χ3n) is 3.75. The zero-order valence-electron chi connectivity index (χ0n) is 14.0. The number of rotatable bonds is 5. The van der Waals surface area contributed by atoms with Crippen LogP contribution in [-0.4, -0.2) is 41.8 Å². The molecule has 6 heteroatoms. The summed E-state index contributed by atoms with van der Waals surface area (Å²) in [5.41, 5.74) is 1.89. The molecule has 2 aromatic rings. The Hall–Kier alpha value is -2.08. The Balaban J connectivity index is 1.99. The maximum Gasteiger partial charge on any atom is 0.191 e. The van der Waals surface area contributed by atoms with Crippen molar-refractivity contribution in [1.29, 1.82) is 0 Å². The SMILES string of the molecule is CN=C(NCc1nc2ccccc2n1C)NCC(C)(C)OC. The monoisotopic (exact) mass is 303 g/mol. The average Bonchev–Trinajstić information content (AvgIpc) is 2.84. The third-order valence-corrected chi connectivity index (χ3v) is 3.75. The molecule has 0 saturated heterocycles. The molecule has 0 amide bonds. The first-order valence-corrected chi connectivity index (χ1v) is 7.37. The normalized spacial score (nSPS) is 12.7. The summed E-state index contributed by atoms with van der Waals surface area (Å²) in [4.78, 5) is 8.86. The van der Waals surface area contributed by atoms with Crippen molar-refractivity contribution in [2.24, 2.45) is 12.0 Å². The Morgan fingerprint density at radius 2 is 2.05 bits per heavy atom. The molecule has 1 aromatic heterocycles. The fourth-order valence-corrected chi connectivity index (χ4v) is 2.11. The van der Waals surface area contributed by atoms with Crippen molar-refractivity contribution in [3.63, 3.8) is 0 Å². The van der Waals surface area contributed by atoms with E-state index in [0.29, 0.717) is 13.1 Å². The Morgan fingerprint density at radius 1 is 1.32 bits per heavy atom. The van der Waals surface area contributed by atoms with Crippen LogP contribution in [0.15, 0.2) is 29.3 Å². The molecule has 22 heavy (non-hydrogen) atoms. The number of aliphatic imine (C=N–C) groups is 1. The molecule has 2 rings (SSSR count). The molecule has 0 unspecified atom stereocenters. The van der Waals surface area contributed by atoms with Gasteiger partial charge in [0.05, 0.1) is 23.2 Å². The molecule has 1 heterocycles. The van der Waals surface area contributed by atoms with E-state index in [1.165, 1.54) is 0 Å². The Kier molecular flexibility index (Phi) is 5.03. The summed E-state index contributed by atoms with van der Waals surface area (Å²) < 4.78 is 7.48. The maximum atomic E-state index is 5.39. The molecule has 120 valence electrons. The fraction of sp³-hybridized carbons (Fsp3) is 0.500. The number of hydrogen-bond donors (Lipinski definition) is 2. The third kappa shape index (κ3) is 3.76. The van der Waals surface area contributed by atoms with Gasteiger partial charge in [0.1, 0.15) is 5.82 Å². The zero-order chi connectivity index (χ0) is 16.2. The molecule has 2 N–H and O–H groups in total.